The molecule has 100 valence electrons. The fraction of sp³-hybridized carbons (Fsp3) is 1.00. The first-order chi connectivity index (χ1) is 8.11. The number of nitrogens with zero attached hydrogens (tertiary/aromatic N) is 2. The Balaban J connectivity index is 1.78. The zero-order chi connectivity index (χ0) is 12.3. The van der Waals surface area contributed by atoms with Gasteiger partial charge in [-0.3, -0.25) is 9.80 Å². The maximum atomic E-state index is 9.98. The van der Waals surface area contributed by atoms with Gasteiger partial charge in [-0.25, -0.2) is 0 Å². The second kappa shape index (κ2) is 5.63. The molecule has 0 saturated carbocycles. The highest BCUT2D eigenvalue weighted by molar-refractivity contribution is 4.88. The molecule has 2 rings (SSSR count). The molecule has 2 atom stereocenters. The van der Waals surface area contributed by atoms with Crippen molar-refractivity contribution in [2.45, 2.75) is 25.0 Å². The van der Waals surface area contributed by atoms with Crippen molar-refractivity contribution in [1.82, 2.24) is 9.80 Å². The molecule has 0 radical (unpaired) electrons. The summed E-state index contributed by atoms with van der Waals surface area (Å²) >= 11 is 0. The summed E-state index contributed by atoms with van der Waals surface area (Å²) in [7, 11) is 0. The molecular formula is C12H25N3O2. The van der Waals surface area contributed by atoms with Gasteiger partial charge in [0.05, 0.1) is 18.8 Å². The Morgan fingerprint density at radius 1 is 1.35 bits per heavy atom. The first-order valence-electron chi connectivity index (χ1n) is 6.57. The zero-order valence-electron chi connectivity index (χ0n) is 10.8. The minimum absolute atomic E-state index is 0.325. The summed E-state index contributed by atoms with van der Waals surface area (Å²) in [5.74, 6) is 0. The van der Waals surface area contributed by atoms with Crippen molar-refractivity contribution in [2.24, 2.45) is 5.73 Å². The molecule has 0 aromatic rings. The second-order valence-electron chi connectivity index (χ2n) is 5.53. The van der Waals surface area contributed by atoms with Gasteiger partial charge in [0.25, 0.3) is 0 Å². The monoisotopic (exact) mass is 243 g/mol. The molecular weight excluding hydrogens is 218 g/mol. The Morgan fingerprint density at radius 3 is 2.71 bits per heavy atom. The molecule has 2 fully saturated rings. The van der Waals surface area contributed by atoms with Crippen LogP contribution in [0.2, 0.25) is 0 Å². The standard InChI is InChI=1S/C12H25N3O2/c1-12(16,9-13)10-14-3-2-11(8-14)15-4-6-17-7-5-15/h11,16H,2-10,13H2,1H3. The highest BCUT2D eigenvalue weighted by Crippen LogP contribution is 2.18. The molecule has 0 aromatic carbocycles. The molecule has 17 heavy (non-hydrogen) atoms. The number of ether oxygens (including phenoxy) is 1. The number of nitrogens with two attached hydrogens (primary N) is 1. The van der Waals surface area contributed by atoms with Crippen molar-refractivity contribution in [3.8, 4) is 0 Å². The summed E-state index contributed by atoms with van der Waals surface area (Å²) in [6, 6.07) is 0.632. The number of likely N-dealkylation sites (tertiary alicyclic amines) is 1. The molecule has 0 aromatic heterocycles. The predicted octanol–water partition coefficient (Wildman–Crippen LogP) is -0.897. The molecule has 0 aliphatic carbocycles. The Bertz CT molecular complexity index is 242. The zero-order valence-corrected chi connectivity index (χ0v) is 10.8. The molecule has 0 amide bonds. The first-order valence-corrected chi connectivity index (χ1v) is 6.57. The summed E-state index contributed by atoms with van der Waals surface area (Å²) in [4.78, 5) is 4.84. The number of rotatable bonds is 4. The molecule has 3 N–H and O–H groups in total. The molecule has 2 unspecified atom stereocenters. The maximum Gasteiger partial charge on any atom is 0.0867 e. The average molecular weight is 243 g/mol. The van der Waals surface area contributed by atoms with E-state index in [1.54, 1.807) is 0 Å². The summed E-state index contributed by atoms with van der Waals surface area (Å²) < 4.78 is 5.37. The van der Waals surface area contributed by atoms with E-state index in [0.717, 1.165) is 39.4 Å². The van der Waals surface area contributed by atoms with Crippen molar-refractivity contribution in [3.63, 3.8) is 0 Å². The summed E-state index contributed by atoms with van der Waals surface area (Å²) in [6.07, 6.45) is 1.20. The average Bonchev–Trinajstić information content (AvgIpc) is 2.78. The minimum Gasteiger partial charge on any atom is -0.388 e. The van der Waals surface area contributed by atoms with Crippen LogP contribution in [0, 0.1) is 0 Å². The van der Waals surface area contributed by atoms with Crippen molar-refractivity contribution >= 4 is 0 Å². The molecule has 0 spiro atoms. The molecule has 2 heterocycles. The van der Waals surface area contributed by atoms with Crippen LogP contribution in [0.1, 0.15) is 13.3 Å². The van der Waals surface area contributed by atoms with E-state index in [-0.39, 0.29) is 0 Å². The highest BCUT2D eigenvalue weighted by atomic mass is 16.5. The van der Waals surface area contributed by atoms with Crippen LogP contribution in [0.3, 0.4) is 0 Å². The van der Waals surface area contributed by atoms with E-state index in [9.17, 15) is 5.11 Å². The van der Waals surface area contributed by atoms with E-state index in [1.165, 1.54) is 6.42 Å². The quantitative estimate of drug-likeness (QED) is 0.670. The third-order valence-electron chi connectivity index (χ3n) is 3.81. The summed E-state index contributed by atoms with van der Waals surface area (Å²) in [5, 5.41) is 9.98. The van der Waals surface area contributed by atoms with Crippen LogP contribution in [-0.4, -0.2) is 79.0 Å². The maximum absolute atomic E-state index is 9.98. The fourth-order valence-corrected chi connectivity index (χ4v) is 2.74. The van der Waals surface area contributed by atoms with E-state index in [4.69, 9.17) is 10.5 Å². The van der Waals surface area contributed by atoms with E-state index in [2.05, 4.69) is 9.80 Å². The molecule has 5 heteroatoms. The Morgan fingerprint density at radius 2 is 2.06 bits per heavy atom. The lowest BCUT2D eigenvalue weighted by Crippen LogP contribution is -2.48. The molecule has 2 aliphatic heterocycles. The normalized spacial score (nSPS) is 31.6. The molecule has 2 aliphatic rings. The number of hydrogen-bond acceptors (Lipinski definition) is 5. The van der Waals surface area contributed by atoms with E-state index >= 15 is 0 Å². The van der Waals surface area contributed by atoms with Crippen molar-refractivity contribution in [3.05, 3.63) is 0 Å². The lowest BCUT2D eigenvalue weighted by molar-refractivity contribution is 0.0115. The number of β-amino-alcohol motifs (C(OH)–C–C–N with tert-alkyl or cyclic N) is 1. The van der Waals surface area contributed by atoms with Crippen LogP contribution in [0.15, 0.2) is 0 Å². The van der Waals surface area contributed by atoms with Gasteiger partial charge in [-0.2, -0.15) is 0 Å². The Labute approximate surface area is 104 Å². The van der Waals surface area contributed by atoms with Crippen LogP contribution in [0.4, 0.5) is 0 Å². The molecule has 5 nitrogen and oxygen atoms in total. The summed E-state index contributed by atoms with van der Waals surface area (Å²) in [5.41, 5.74) is 4.81. The number of hydrogen-bond donors (Lipinski definition) is 2. The third kappa shape index (κ3) is 3.63. The van der Waals surface area contributed by atoms with Gasteiger partial charge in [0.15, 0.2) is 0 Å². The third-order valence-corrected chi connectivity index (χ3v) is 3.81. The second-order valence-corrected chi connectivity index (χ2v) is 5.53. The predicted molar refractivity (Wildman–Crippen MR) is 66.9 cm³/mol. The lowest BCUT2D eigenvalue weighted by Gasteiger charge is -2.33. The van der Waals surface area contributed by atoms with Gasteiger partial charge in [0, 0.05) is 38.8 Å². The van der Waals surface area contributed by atoms with Gasteiger partial charge in [0.1, 0.15) is 0 Å². The van der Waals surface area contributed by atoms with E-state index in [1.807, 2.05) is 6.92 Å². The summed E-state index contributed by atoms with van der Waals surface area (Å²) in [6.45, 7) is 8.76. The van der Waals surface area contributed by atoms with Gasteiger partial charge in [-0.15, -0.1) is 0 Å². The van der Waals surface area contributed by atoms with Crippen LogP contribution < -0.4 is 5.73 Å². The van der Waals surface area contributed by atoms with Gasteiger partial charge in [0.2, 0.25) is 0 Å². The SMILES string of the molecule is CC(O)(CN)CN1CCC(N2CCOCC2)C1. The largest absolute Gasteiger partial charge is 0.388 e. The van der Waals surface area contributed by atoms with Crippen LogP contribution >= 0.6 is 0 Å². The highest BCUT2D eigenvalue weighted by Gasteiger charge is 2.31. The van der Waals surface area contributed by atoms with Gasteiger partial charge in [-0.1, -0.05) is 0 Å². The Hall–Kier alpha value is -0.200. The number of morpholine rings is 1. The minimum atomic E-state index is -0.750. The molecule has 0 bridgehead atoms. The van der Waals surface area contributed by atoms with Crippen LogP contribution in [0.25, 0.3) is 0 Å². The first kappa shape index (κ1) is 13.2. The van der Waals surface area contributed by atoms with E-state index < -0.39 is 5.60 Å². The van der Waals surface area contributed by atoms with Crippen molar-refractivity contribution in [1.29, 1.82) is 0 Å². The number of aliphatic hydroxyl groups is 1. The van der Waals surface area contributed by atoms with Crippen molar-refractivity contribution < 1.29 is 9.84 Å². The van der Waals surface area contributed by atoms with Crippen LogP contribution in [-0.2, 0) is 4.74 Å². The lowest BCUT2D eigenvalue weighted by atomic mass is 10.1. The smallest absolute Gasteiger partial charge is 0.0867 e. The van der Waals surface area contributed by atoms with E-state index in [0.29, 0.717) is 19.1 Å². The van der Waals surface area contributed by atoms with Gasteiger partial charge >= 0.3 is 0 Å². The molecule has 2 saturated heterocycles. The Kier molecular flexibility index (Phi) is 4.38. The van der Waals surface area contributed by atoms with Crippen LogP contribution in [0.5, 0.6) is 0 Å². The van der Waals surface area contributed by atoms with Gasteiger partial charge in [-0.05, 0) is 19.9 Å². The van der Waals surface area contributed by atoms with Crippen molar-refractivity contribution in [2.75, 3.05) is 52.5 Å². The van der Waals surface area contributed by atoms with Gasteiger partial charge < -0.3 is 15.6 Å². The fourth-order valence-electron chi connectivity index (χ4n) is 2.74. The topological polar surface area (TPSA) is 62.0 Å².